The predicted molar refractivity (Wildman–Crippen MR) is 121 cm³/mol. The van der Waals surface area contributed by atoms with Gasteiger partial charge in [0.2, 0.25) is 5.91 Å². The van der Waals surface area contributed by atoms with E-state index in [0.29, 0.717) is 0 Å². The summed E-state index contributed by atoms with van der Waals surface area (Å²) >= 11 is 0. The summed E-state index contributed by atoms with van der Waals surface area (Å²) in [6, 6.07) is 15.2. The maximum Gasteiger partial charge on any atom is 0.407 e. The number of carboxylic acids is 1. The molecule has 33 heavy (non-hydrogen) atoms. The number of ether oxygens (including phenoxy) is 2. The van der Waals surface area contributed by atoms with Gasteiger partial charge in [-0.05, 0) is 22.3 Å². The van der Waals surface area contributed by atoms with Gasteiger partial charge >= 0.3 is 12.1 Å². The predicted octanol–water partition coefficient (Wildman–Crippen LogP) is 2.86. The molecule has 0 spiro atoms. The fraction of sp³-hybridized carbons (Fsp3) is 0.400. The zero-order valence-corrected chi connectivity index (χ0v) is 18.7. The number of nitrogens with zero attached hydrogens (tertiary/aromatic N) is 1. The molecule has 1 fully saturated rings. The van der Waals surface area contributed by atoms with Gasteiger partial charge in [-0.1, -0.05) is 55.5 Å². The van der Waals surface area contributed by atoms with E-state index in [2.05, 4.69) is 17.4 Å². The van der Waals surface area contributed by atoms with E-state index in [4.69, 9.17) is 9.47 Å². The summed E-state index contributed by atoms with van der Waals surface area (Å²) in [6.07, 6.45) is -0.663. The Morgan fingerprint density at radius 2 is 1.70 bits per heavy atom. The summed E-state index contributed by atoms with van der Waals surface area (Å²) in [5.41, 5.74) is 4.54. The molecule has 2 N–H and O–H groups in total. The van der Waals surface area contributed by atoms with Crippen LogP contribution in [-0.4, -0.2) is 66.9 Å². The second-order valence-electron chi connectivity index (χ2n) is 8.55. The molecule has 8 heteroatoms. The number of nitrogens with one attached hydrogen (secondary N) is 1. The first kappa shape index (κ1) is 22.8. The van der Waals surface area contributed by atoms with Crippen LogP contribution in [0.5, 0.6) is 0 Å². The van der Waals surface area contributed by atoms with Gasteiger partial charge < -0.3 is 24.8 Å². The molecule has 4 rings (SSSR count). The SMILES string of the molecule is COC1CC(C(=O)O)N(C(=O)C(C)CNC(=O)OCC2c3ccccc3-c3ccccc32)C1. The number of carboxylic acid groups (broad SMARTS) is 1. The lowest BCUT2D eigenvalue weighted by Crippen LogP contribution is -2.45. The van der Waals surface area contributed by atoms with Gasteiger partial charge in [0.25, 0.3) is 0 Å². The van der Waals surface area contributed by atoms with E-state index in [-0.39, 0.29) is 44.0 Å². The lowest BCUT2D eigenvalue weighted by atomic mass is 9.98. The molecule has 3 atom stereocenters. The fourth-order valence-corrected chi connectivity index (χ4v) is 4.70. The van der Waals surface area contributed by atoms with Crippen LogP contribution in [0.15, 0.2) is 48.5 Å². The third-order valence-corrected chi connectivity index (χ3v) is 6.48. The maximum atomic E-state index is 12.8. The molecule has 0 bridgehead atoms. The lowest BCUT2D eigenvalue weighted by molar-refractivity contribution is -0.149. The fourth-order valence-electron chi connectivity index (χ4n) is 4.70. The second-order valence-corrected chi connectivity index (χ2v) is 8.55. The monoisotopic (exact) mass is 452 g/mol. The Hall–Kier alpha value is -3.39. The van der Waals surface area contributed by atoms with Gasteiger partial charge in [-0.25, -0.2) is 9.59 Å². The molecule has 0 saturated carbocycles. The van der Waals surface area contributed by atoms with E-state index >= 15 is 0 Å². The topological polar surface area (TPSA) is 105 Å². The molecule has 1 aliphatic carbocycles. The average Bonchev–Trinajstić information content (AvgIpc) is 3.40. The molecule has 2 amide bonds. The zero-order chi connectivity index (χ0) is 23.5. The summed E-state index contributed by atoms with van der Waals surface area (Å²) in [5, 5.41) is 12.1. The number of likely N-dealkylation sites (tertiary alicyclic amines) is 1. The summed E-state index contributed by atoms with van der Waals surface area (Å²) in [4.78, 5) is 38.0. The number of aliphatic carboxylic acids is 1. The van der Waals surface area contributed by atoms with Crippen LogP contribution in [-0.2, 0) is 19.1 Å². The number of carbonyl (C=O) groups is 3. The van der Waals surface area contributed by atoms with Crippen molar-refractivity contribution in [2.24, 2.45) is 5.92 Å². The van der Waals surface area contributed by atoms with Crippen LogP contribution in [0.2, 0.25) is 0 Å². The quantitative estimate of drug-likeness (QED) is 0.669. The molecular formula is C25H28N2O6. The highest BCUT2D eigenvalue weighted by atomic mass is 16.5. The molecule has 174 valence electrons. The Morgan fingerprint density at radius 1 is 1.09 bits per heavy atom. The van der Waals surface area contributed by atoms with E-state index in [1.165, 1.54) is 12.0 Å². The van der Waals surface area contributed by atoms with Crippen molar-refractivity contribution in [1.82, 2.24) is 10.2 Å². The second kappa shape index (κ2) is 9.62. The van der Waals surface area contributed by atoms with E-state index in [1.54, 1.807) is 6.92 Å². The Bertz CT molecular complexity index is 1010. The smallest absolute Gasteiger partial charge is 0.407 e. The average molecular weight is 453 g/mol. The van der Waals surface area contributed by atoms with E-state index in [9.17, 15) is 19.5 Å². The number of alkyl carbamates (subject to hydrolysis) is 1. The Labute approximate surface area is 192 Å². The number of amides is 2. The maximum absolute atomic E-state index is 12.8. The van der Waals surface area contributed by atoms with Gasteiger partial charge in [-0.3, -0.25) is 4.79 Å². The zero-order valence-electron chi connectivity index (χ0n) is 18.7. The first-order valence-corrected chi connectivity index (χ1v) is 11.1. The molecule has 2 aliphatic rings. The minimum Gasteiger partial charge on any atom is -0.480 e. The lowest BCUT2D eigenvalue weighted by Gasteiger charge is -2.25. The summed E-state index contributed by atoms with van der Waals surface area (Å²) in [7, 11) is 1.50. The van der Waals surface area contributed by atoms with Gasteiger partial charge in [-0.2, -0.15) is 0 Å². The first-order chi connectivity index (χ1) is 15.9. The molecule has 1 heterocycles. The molecule has 2 aromatic carbocycles. The van der Waals surface area contributed by atoms with Crippen molar-refractivity contribution < 1.29 is 29.0 Å². The molecule has 1 saturated heterocycles. The minimum absolute atomic E-state index is 0.0471. The summed E-state index contributed by atoms with van der Waals surface area (Å²) in [6.45, 7) is 2.12. The van der Waals surface area contributed by atoms with Crippen molar-refractivity contribution in [1.29, 1.82) is 0 Å². The van der Waals surface area contributed by atoms with Crippen molar-refractivity contribution in [3.8, 4) is 11.1 Å². The van der Waals surface area contributed by atoms with Crippen molar-refractivity contribution in [2.45, 2.75) is 31.4 Å². The van der Waals surface area contributed by atoms with Crippen LogP contribution in [0.3, 0.4) is 0 Å². The number of rotatable bonds is 7. The van der Waals surface area contributed by atoms with Gasteiger partial charge in [0.15, 0.2) is 0 Å². The van der Waals surface area contributed by atoms with Crippen LogP contribution < -0.4 is 5.32 Å². The van der Waals surface area contributed by atoms with Crippen LogP contribution in [0.1, 0.15) is 30.4 Å². The Morgan fingerprint density at radius 3 is 2.27 bits per heavy atom. The third-order valence-electron chi connectivity index (χ3n) is 6.48. The van der Waals surface area contributed by atoms with Crippen molar-refractivity contribution in [3.63, 3.8) is 0 Å². The molecule has 8 nitrogen and oxygen atoms in total. The Balaban J connectivity index is 1.32. The minimum atomic E-state index is -1.06. The van der Waals surface area contributed by atoms with Gasteiger partial charge in [0.1, 0.15) is 12.6 Å². The number of carbonyl (C=O) groups excluding carboxylic acids is 2. The molecule has 0 radical (unpaired) electrons. The van der Waals surface area contributed by atoms with Crippen LogP contribution in [0.25, 0.3) is 11.1 Å². The standard InChI is InChI=1S/C25H28N2O6/c1-15(23(28)27-13-16(32-2)11-22(27)24(29)30)12-26-25(31)33-14-21-19-9-5-3-7-17(19)18-8-4-6-10-20(18)21/h3-10,15-16,21-22H,11-14H2,1-2H3,(H,26,31)(H,29,30). The molecule has 0 aromatic heterocycles. The van der Waals surface area contributed by atoms with E-state index < -0.39 is 24.0 Å². The highest BCUT2D eigenvalue weighted by Crippen LogP contribution is 2.44. The van der Waals surface area contributed by atoms with Crippen LogP contribution in [0, 0.1) is 5.92 Å². The number of fused-ring (bicyclic) bond motifs is 3. The summed E-state index contributed by atoms with van der Waals surface area (Å²) < 4.78 is 10.7. The van der Waals surface area contributed by atoms with E-state index in [0.717, 1.165) is 22.3 Å². The number of methoxy groups -OCH3 is 1. The summed E-state index contributed by atoms with van der Waals surface area (Å²) in [5.74, 6) is -2.03. The first-order valence-electron chi connectivity index (χ1n) is 11.1. The molecule has 3 unspecified atom stereocenters. The van der Waals surface area contributed by atoms with Crippen LogP contribution >= 0.6 is 0 Å². The van der Waals surface area contributed by atoms with Gasteiger partial charge in [0, 0.05) is 32.5 Å². The van der Waals surface area contributed by atoms with Crippen molar-refractivity contribution in [2.75, 3.05) is 26.8 Å². The van der Waals surface area contributed by atoms with Crippen LogP contribution in [0.4, 0.5) is 4.79 Å². The Kier molecular flexibility index (Phi) is 6.65. The largest absolute Gasteiger partial charge is 0.480 e. The van der Waals surface area contributed by atoms with Gasteiger partial charge in [-0.15, -0.1) is 0 Å². The number of hydrogen-bond donors (Lipinski definition) is 2. The molecule has 1 aliphatic heterocycles. The number of benzene rings is 2. The normalized spacial score (nSPS) is 20.1. The van der Waals surface area contributed by atoms with Crippen molar-refractivity contribution in [3.05, 3.63) is 59.7 Å². The molecular weight excluding hydrogens is 424 g/mol. The van der Waals surface area contributed by atoms with Crippen molar-refractivity contribution >= 4 is 18.0 Å². The highest BCUT2D eigenvalue weighted by Gasteiger charge is 2.41. The van der Waals surface area contributed by atoms with Gasteiger partial charge in [0.05, 0.1) is 12.0 Å². The highest BCUT2D eigenvalue weighted by molar-refractivity contribution is 5.86. The van der Waals surface area contributed by atoms with E-state index in [1.807, 2.05) is 36.4 Å². The molecule has 2 aromatic rings. The third kappa shape index (κ3) is 4.57. The number of hydrogen-bond acceptors (Lipinski definition) is 5.